The van der Waals surface area contributed by atoms with Gasteiger partial charge in [-0.3, -0.25) is 9.89 Å². The van der Waals surface area contributed by atoms with E-state index in [0.29, 0.717) is 23.5 Å². The van der Waals surface area contributed by atoms with Gasteiger partial charge in [0.15, 0.2) is 5.82 Å². The number of H-pyrrole nitrogens is 1. The highest BCUT2D eigenvalue weighted by Gasteiger charge is 2.11. The molecule has 158 valence electrons. The summed E-state index contributed by atoms with van der Waals surface area (Å²) in [4.78, 5) is 16.7. The molecule has 0 saturated carbocycles. The zero-order valence-electron chi connectivity index (χ0n) is 17.5. The summed E-state index contributed by atoms with van der Waals surface area (Å²) < 4.78 is 6.91. The number of aryl methyl sites for hydroxylation is 2. The van der Waals surface area contributed by atoms with Crippen LogP contribution in [0.3, 0.4) is 0 Å². The van der Waals surface area contributed by atoms with Gasteiger partial charge in [0.25, 0.3) is 0 Å². The van der Waals surface area contributed by atoms with Crippen LogP contribution in [0.4, 0.5) is 5.69 Å². The third kappa shape index (κ3) is 6.21. The molecule has 0 atom stereocenters. The first kappa shape index (κ1) is 22.6. The van der Waals surface area contributed by atoms with Gasteiger partial charge in [0.1, 0.15) is 12.4 Å². The molecule has 2 aromatic carbocycles. The van der Waals surface area contributed by atoms with E-state index in [-0.39, 0.29) is 11.7 Å². The Hall–Kier alpha value is -2.07. The summed E-state index contributed by atoms with van der Waals surface area (Å²) >= 11 is 3.56. The summed E-state index contributed by atoms with van der Waals surface area (Å²) in [6, 6.07) is 12.2. The van der Waals surface area contributed by atoms with Gasteiger partial charge in [-0.2, -0.15) is 0 Å². The maximum Gasteiger partial charge on any atom is 0.234 e. The largest absolute Gasteiger partial charge is 0.486 e. The number of nitrogens with zero attached hydrogens (tertiary/aromatic N) is 2. The van der Waals surface area contributed by atoms with Crippen molar-refractivity contribution in [3.8, 4) is 5.75 Å². The van der Waals surface area contributed by atoms with E-state index in [9.17, 15) is 4.79 Å². The van der Waals surface area contributed by atoms with Crippen LogP contribution in [0, 0.1) is 17.4 Å². The van der Waals surface area contributed by atoms with Crippen molar-refractivity contribution in [3.63, 3.8) is 0 Å². The Morgan fingerprint density at radius 1 is 1.20 bits per heavy atom. The van der Waals surface area contributed by atoms with E-state index < -0.39 is 0 Å². The monoisotopic (exact) mass is 536 g/mol. The topological polar surface area (TPSA) is 79.9 Å². The van der Waals surface area contributed by atoms with Crippen molar-refractivity contribution < 1.29 is 9.53 Å². The van der Waals surface area contributed by atoms with Crippen molar-refractivity contribution >= 4 is 45.9 Å². The van der Waals surface area contributed by atoms with Gasteiger partial charge in [-0.1, -0.05) is 37.7 Å². The molecule has 0 radical (unpaired) electrons. The Morgan fingerprint density at radius 3 is 2.50 bits per heavy atom. The van der Waals surface area contributed by atoms with Gasteiger partial charge in [-0.15, -0.1) is 5.10 Å². The molecule has 0 fully saturated rings. The summed E-state index contributed by atoms with van der Waals surface area (Å²) in [5.41, 5.74) is 4.25. The zero-order valence-corrected chi connectivity index (χ0v) is 20.4. The number of amides is 1. The van der Waals surface area contributed by atoms with Crippen LogP contribution in [0.1, 0.15) is 42.3 Å². The smallest absolute Gasteiger partial charge is 0.234 e. The molecule has 1 aromatic heterocycles. The fourth-order valence-electron chi connectivity index (χ4n) is 2.92. The van der Waals surface area contributed by atoms with Crippen LogP contribution in [0.5, 0.6) is 5.75 Å². The highest BCUT2D eigenvalue weighted by atomic mass is 127. The number of carbonyl (C=O) groups excluding carboxylic acids is 1. The van der Waals surface area contributed by atoms with E-state index in [1.807, 2.05) is 38.1 Å². The minimum Gasteiger partial charge on any atom is -0.486 e. The molecule has 3 rings (SSSR count). The summed E-state index contributed by atoms with van der Waals surface area (Å²) in [5.74, 6) is 2.05. The number of aromatic amines is 1. The van der Waals surface area contributed by atoms with Crippen LogP contribution in [0.2, 0.25) is 0 Å². The Morgan fingerprint density at radius 2 is 1.87 bits per heavy atom. The van der Waals surface area contributed by atoms with Crippen LogP contribution in [0.15, 0.2) is 41.6 Å². The van der Waals surface area contributed by atoms with E-state index in [1.165, 1.54) is 17.3 Å². The van der Waals surface area contributed by atoms with E-state index in [1.54, 1.807) is 0 Å². The normalized spacial score (nSPS) is 11.0. The molecule has 0 aliphatic heterocycles. The summed E-state index contributed by atoms with van der Waals surface area (Å²) in [7, 11) is 0. The summed E-state index contributed by atoms with van der Waals surface area (Å²) in [6.45, 7) is 8.60. The molecule has 0 spiro atoms. The Bertz CT molecular complexity index is 995. The highest BCUT2D eigenvalue weighted by Crippen LogP contribution is 2.24. The third-order valence-corrected chi connectivity index (χ3v) is 6.00. The molecule has 2 N–H and O–H groups in total. The Balaban J connectivity index is 1.49. The first-order valence-electron chi connectivity index (χ1n) is 9.65. The first-order chi connectivity index (χ1) is 14.3. The van der Waals surface area contributed by atoms with E-state index in [4.69, 9.17) is 4.74 Å². The number of carbonyl (C=O) groups is 1. The number of hydrogen-bond donors (Lipinski definition) is 2. The molecular formula is C22H25IN4O2S. The van der Waals surface area contributed by atoms with Gasteiger partial charge in [0.2, 0.25) is 11.1 Å². The lowest BCUT2D eigenvalue weighted by molar-refractivity contribution is -0.113. The lowest BCUT2D eigenvalue weighted by Gasteiger charge is -2.11. The molecular weight excluding hydrogens is 511 g/mol. The predicted octanol–water partition coefficient (Wildman–Crippen LogP) is 5.46. The van der Waals surface area contributed by atoms with Crippen molar-refractivity contribution in [2.45, 2.75) is 45.4 Å². The second kappa shape index (κ2) is 10.3. The van der Waals surface area contributed by atoms with Crippen molar-refractivity contribution in [2.24, 2.45) is 0 Å². The second-order valence-electron chi connectivity index (χ2n) is 7.33. The van der Waals surface area contributed by atoms with Crippen molar-refractivity contribution in [3.05, 3.63) is 62.5 Å². The molecule has 0 aliphatic carbocycles. The molecule has 0 unspecified atom stereocenters. The van der Waals surface area contributed by atoms with Gasteiger partial charge in [-0.25, -0.2) is 4.98 Å². The maximum atomic E-state index is 12.3. The molecule has 3 aromatic rings. The van der Waals surface area contributed by atoms with Crippen LogP contribution in [-0.2, 0) is 11.4 Å². The van der Waals surface area contributed by atoms with Gasteiger partial charge in [0, 0.05) is 9.26 Å². The van der Waals surface area contributed by atoms with E-state index >= 15 is 0 Å². The number of aromatic nitrogens is 3. The molecule has 0 bridgehead atoms. The van der Waals surface area contributed by atoms with Crippen LogP contribution in [0.25, 0.3) is 0 Å². The lowest BCUT2D eigenvalue weighted by atomic mass is 10.0. The van der Waals surface area contributed by atoms with Crippen LogP contribution in [-0.4, -0.2) is 26.8 Å². The summed E-state index contributed by atoms with van der Waals surface area (Å²) in [5, 5.41) is 10.5. The fraction of sp³-hybridized carbons (Fsp3) is 0.318. The minimum atomic E-state index is -0.0831. The van der Waals surface area contributed by atoms with Crippen molar-refractivity contribution in [2.75, 3.05) is 11.1 Å². The van der Waals surface area contributed by atoms with Gasteiger partial charge in [0.05, 0.1) is 5.75 Å². The zero-order chi connectivity index (χ0) is 21.7. The lowest BCUT2D eigenvalue weighted by Crippen LogP contribution is -2.16. The second-order valence-corrected chi connectivity index (χ2v) is 9.52. The van der Waals surface area contributed by atoms with Crippen LogP contribution >= 0.6 is 34.4 Å². The summed E-state index contributed by atoms with van der Waals surface area (Å²) in [6.07, 6.45) is 0. The highest BCUT2D eigenvalue weighted by molar-refractivity contribution is 14.1. The van der Waals surface area contributed by atoms with E-state index in [2.05, 4.69) is 69.1 Å². The number of anilines is 1. The number of halogens is 1. The molecule has 0 saturated heterocycles. The minimum absolute atomic E-state index is 0.0831. The average molecular weight is 536 g/mol. The third-order valence-electron chi connectivity index (χ3n) is 4.53. The number of hydrogen-bond acceptors (Lipinski definition) is 5. The predicted molar refractivity (Wildman–Crippen MR) is 129 cm³/mol. The number of thioether (sulfide) groups is 1. The van der Waals surface area contributed by atoms with Crippen molar-refractivity contribution in [1.82, 2.24) is 15.2 Å². The SMILES string of the molecule is Cc1cc(I)cc(C)c1NC(=O)CSc1n[nH]c(COc2ccc(C(C)C)cc2)n1. The molecule has 1 amide bonds. The van der Waals surface area contributed by atoms with Gasteiger partial charge in [-0.05, 0) is 83.3 Å². The molecule has 6 nitrogen and oxygen atoms in total. The van der Waals surface area contributed by atoms with Crippen LogP contribution < -0.4 is 10.1 Å². The Labute approximate surface area is 194 Å². The molecule has 8 heteroatoms. The maximum absolute atomic E-state index is 12.3. The standard InChI is InChI=1S/C22H25IN4O2S/c1-13(2)16-5-7-18(8-6-16)29-11-19-24-22(27-26-19)30-12-20(28)25-21-14(3)9-17(23)10-15(21)4/h5-10,13H,11-12H2,1-4H3,(H,25,28)(H,24,26,27). The molecule has 30 heavy (non-hydrogen) atoms. The number of ether oxygens (including phenoxy) is 1. The number of rotatable bonds is 8. The molecule has 0 aliphatic rings. The fourth-order valence-corrected chi connectivity index (χ4v) is 4.47. The number of benzene rings is 2. The van der Waals surface area contributed by atoms with Gasteiger partial charge < -0.3 is 10.1 Å². The van der Waals surface area contributed by atoms with Gasteiger partial charge >= 0.3 is 0 Å². The first-order valence-corrected chi connectivity index (χ1v) is 11.7. The van der Waals surface area contributed by atoms with Crippen molar-refractivity contribution in [1.29, 1.82) is 0 Å². The molecule has 1 heterocycles. The Kier molecular flexibility index (Phi) is 7.76. The average Bonchev–Trinajstić information content (AvgIpc) is 3.16. The quantitative estimate of drug-likeness (QED) is 0.295. The van der Waals surface area contributed by atoms with E-state index in [0.717, 1.165) is 26.1 Å². The number of nitrogens with one attached hydrogen (secondary N) is 2.